The monoisotopic (exact) mass is 363 g/mol. The van der Waals surface area contributed by atoms with Crippen molar-refractivity contribution in [3.63, 3.8) is 0 Å². The first-order valence-electron chi connectivity index (χ1n) is 6.46. The Balaban J connectivity index is 1.89. The lowest BCUT2D eigenvalue weighted by atomic mass is 10.3. The molecule has 0 spiro atoms. The van der Waals surface area contributed by atoms with Gasteiger partial charge in [-0.3, -0.25) is 4.79 Å². The van der Waals surface area contributed by atoms with Gasteiger partial charge in [0.1, 0.15) is 17.4 Å². The van der Waals surface area contributed by atoms with Crippen molar-refractivity contribution in [3.05, 3.63) is 54.1 Å². The number of hydrogen-bond acceptors (Lipinski definition) is 3. The number of carbonyl (C=O) groups is 1. The third-order valence-corrected chi connectivity index (χ3v) is 3.65. The van der Waals surface area contributed by atoms with Crippen LogP contribution in [0.2, 0.25) is 0 Å². The van der Waals surface area contributed by atoms with Gasteiger partial charge in [0.15, 0.2) is 0 Å². The van der Waals surface area contributed by atoms with E-state index in [1.165, 1.54) is 12.1 Å². The average Bonchev–Trinajstić information content (AvgIpc) is 2.49. The number of ether oxygens (including phenoxy) is 1. The molecule has 2 aromatic rings. The Morgan fingerprint density at radius 1 is 1.08 bits per heavy atom. The molecule has 0 aliphatic rings. The van der Waals surface area contributed by atoms with Gasteiger partial charge in [-0.05, 0) is 42.5 Å². The van der Waals surface area contributed by atoms with Gasteiger partial charge in [-0.1, -0.05) is 0 Å². The van der Waals surface area contributed by atoms with Crippen molar-refractivity contribution >= 4 is 23.4 Å². The Kier molecular flexibility index (Phi) is 5.66. The minimum atomic E-state index is -4.80. The molecule has 0 unspecified atom stereocenters. The van der Waals surface area contributed by atoms with Crippen molar-refractivity contribution in [2.24, 2.45) is 0 Å². The summed E-state index contributed by atoms with van der Waals surface area (Å²) >= 11 is 0.799. The van der Waals surface area contributed by atoms with E-state index in [1.807, 2.05) is 0 Å². The third kappa shape index (κ3) is 5.73. The van der Waals surface area contributed by atoms with Crippen LogP contribution in [-0.2, 0) is 4.79 Å². The Labute approximate surface area is 137 Å². The Bertz CT molecular complexity index is 719. The molecule has 0 fully saturated rings. The van der Waals surface area contributed by atoms with Gasteiger partial charge < -0.3 is 10.1 Å². The number of rotatable bonds is 5. The normalized spacial score (nSPS) is 11.2. The maximum Gasteiger partial charge on any atom is 0.573 e. The molecule has 0 bridgehead atoms. The SMILES string of the molecule is O=C(CSc1cc(F)ccc1F)Nc1ccc(OC(F)(F)F)cc1. The van der Waals surface area contributed by atoms with Crippen LogP contribution in [0.25, 0.3) is 0 Å². The summed E-state index contributed by atoms with van der Waals surface area (Å²) in [6, 6.07) is 7.43. The molecule has 0 atom stereocenters. The van der Waals surface area contributed by atoms with Crippen LogP contribution < -0.4 is 10.1 Å². The van der Waals surface area contributed by atoms with Crippen molar-refractivity contribution in [1.82, 2.24) is 0 Å². The highest BCUT2D eigenvalue weighted by Gasteiger charge is 2.30. The summed E-state index contributed by atoms with van der Waals surface area (Å²) in [6.07, 6.45) is -4.80. The predicted molar refractivity (Wildman–Crippen MR) is 78.8 cm³/mol. The summed E-state index contributed by atoms with van der Waals surface area (Å²) in [5.74, 6) is -2.41. The van der Waals surface area contributed by atoms with Gasteiger partial charge in [0, 0.05) is 10.6 Å². The molecule has 2 aromatic carbocycles. The highest BCUT2D eigenvalue weighted by Crippen LogP contribution is 2.25. The fraction of sp³-hybridized carbons (Fsp3) is 0.133. The quantitative estimate of drug-likeness (QED) is 0.624. The second-order valence-electron chi connectivity index (χ2n) is 4.48. The molecular formula is C15H10F5NO2S. The van der Waals surface area contributed by atoms with Crippen molar-refractivity contribution in [1.29, 1.82) is 0 Å². The minimum Gasteiger partial charge on any atom is -0.406 e. The number of thioether (sulfide) groups is 1. The zero-order valence-electron chi connectivity index (χ0n) is 11.9. The van der Waals surface area contributed by atoms with E-state index in [1.54, 1.807) is 0 Å². The van der Waals surface area contributed by atoms with E-state index in [0.29, 0.717) is 0 Å². The van der Waals surface area contributed by atoms with E-state index >= 15 is 0 Å². The molecule has 0 aliphatic carbocycles. The molecule has 0 aromatic heterocycles. The maximum atomic E-state index is 13.4. The molecule has 1 amide bonds. The van der Waals surface area contributed by atoms with Gasteiger partial charge in [0.2, 0.25) is 5.91 Å². The van der Waals surface area contributed by atoms with Crippen LogP contribution in [-0.4, -0.2) is 18.0 Å². The van der Waals surface area contributed by atoms with Crippen LogP contribution in [0, 0.1) is 11.6 Å². The number of hydrogen-bond donors (Lipinski definition) is 1. The molecule has 0 aliphatic heterocycles. The second kappa shape index (κ2) is 7.52. The predicted octanol–water partition coefficient (Wildman–Crippen LogP) is 4.59. The first-order valence-corrected chi connectivity index (χ1v) is 7.45. The summed E-state index contributed by atoms with van der Waals surface area (Å²) in [7, 11) is 0. The van der Waals surface area contributed by atoms with E-state index in [9.17, 15) is 26.7 Å². The minimum absolute atomic E-state index is 0.0147. The molecule has 0 radical (unpaired) electrons. The van der Waals surface area contributed by atoms with E-state index < -0.39 is 29.7 Å². The van der Waals surface area contributed by atoms with Gasteiger partial charge in [0.05, 0.1) is 5.75 Å². The van der Waals surface area contributed by atoms with Gasteiger partial charge >= 0.3 is 6.36 Å². The van der Waals surface area contributed by atoms with Gasteiger partial charge in [0.25, 0.3) is 0 Å². The molecule has 2 rings (SSSR count). The van der Waals surface area contributed by atoms with Crippen molar-refractivity contribution in [2.45, 2.75) is 11.3 Å². The third-order valence-electron chi connectivity index (χ3n) is 2.62. The zero-order valence-corrected chi connectivity index (χ0v) is 12.7. The van der Waals surface area contributed by atoms with Crippen LogP contribution in [0.5, 0.6) is 5.75 Å². The number of anilines is 1. The molecule has 0 heterocycles. The van der Waals surface area contributed by atoms with E-state index in [0.717, 1.165) is 42.1 Å². The van der Waals surface area contributed by atoms with E-state index in [2.05, 4.69) is 10.1 Å². The highest BCUT2D eigenvalue weighted by atomic mass is 32.2. The molecule has 24 heavy (non-hydrogen) atoms. The molecule has 0 saturated carbocycles. The van der Waals surface area contributed by atoms with Gasteiger partial charge in [-0.25, -0.2) is 8.78 Å². The molecular weight excluding hydrogens is 353 g/mol. The second-order valence-corrected chi connectivity index (χ2v) is 5.50. The first-order chi connectivity index (χ1) is 11.2. The average molecular weight is 363 g/mol. The van der Waals surface area contributed by atoms with Crippen LogP contribution in [0.15, 0.2) is 47.4 Å². The van der Waals surface area contributed by atoms with Crippen LogP contribution >= 0.6 is 11.8 Å². The van der Waals surface area contributed by atoms with Crippen molar-refractivity contribution < 1.29 is 31.5 Å². The molecule has 1 N–H and O–H groups in total. The van der Waals surface area contributed by atoms with E-state index in [4.69, 9.17) is 0 Å². The summed E-state index contributed by atoms with van der Waals surface area (Å²) in [5, 5.41) is 2.42. The fourth-order valence-electron chi connectivity index (χ4n) is 1.67. The Hall–Kier alpha value is -2.29. The topological polar surface area (TPSA) is 38.3 Å². The lowest BCUT2D eigenvalue weighted by Crippen LogP contribution is -2.17. The number of alkyl halides is 3. The fourth-order valence-corrected chi connectivity index (χ4v) is 2.43. The smallest absolute Gasteiger partial charge is 0.406 e. The van der Waals surface area contributed by atoms with Crippen LogP contribution in [0.4, 0.5) is 27.6 Å². The molecule has 3 nitrogen and oxygen atoms in total. The van der Waals surface area contributed by atoms with E-state index in [-0.39, 0.29) is 16.3 Å². The molecule has 0 saturated heterocycles. The number of nitrogens with one attached hydrogen (secondary N) is 1. The lowest BCUT2D eigenvalue weighted by Gasteiger charge is -2.10. The number of benzene rings is 2. The van der Waals surface area contributed by atoms with Crippen molar-refractivity contribution in [3.8, 4) is 5.75 Å². The summed E-state index contributed by atoms with van der Waals surface area (Å²) in [6.45, 7) is 0. The Morgan fingerprint density at radius 3 is 2.38 bits per heavy atom. The zero-order chi connectivity index (χ0) is 17.7. The molecule has 128 valence electrons. The summed E-state index contributed by atoms with van der Waals surface area (Å²) < 4.78 is 66.2. The van der Waals surface area contributed by atoms with Gasteiger partial charge in [-0.2, -0.15) is 0 Å². The highest BCUT2D eigenvalue weighted by molar-refractivity contribution is 8.00. The van der Waals surface area contributed by atoms with Crippen LogP contribution in [0.3, 0.4) is 0 Å². The summed E-state index contributed by atoms with van der Waals surface area (Å²) in [5.41, 5.74) is 0.245. The largest absolute Gasteiger partial charge is 0.573 e. The Morgan fingerprint density at radius 2 is 1.75 bits per heavy atom. The van der Waals surface area contributed by atoms with Crippen molar-refractivity contribution in [2.75, 3.05) is 11.1 Å². The van der Waals surface area contributed by atoms with Crippen LogP contribution in [0.1, 0.15) is 0 Å². The molecule has 9 heteroatoms. The summed E-state index contributed by atoms with van der Waals surface area (Å²) in [4.78, 5) is 11.7. The number of halogens is 5. The van der Waals surface area contributed by atoms with Gasteiger partial charge in [-0.15, -0.1) is 24.9 Å². The maximum absolute atomic E-state index is 13.4. The first kappa shape index (κ1) is 18.1. The standard InChI is InChI=1S/C15H10F5NO2S/c16-9-1-6-12(17)13(7-9)24-8-14(22)21-10-2-4-11(5-3-10)23-15(18,19)20/h1-7H,8H2,(H,21,22). The lowest BCUT2D eigenvalue weighted by molar-refractivity contribution is -0.274. The number of amides is 1. The number of carbonyl (C=O) groups excluding carboxylic acids is 1.